The van der Waals surface area contributed by atoms with E-state index < -0.39 is 74.1 Å². The summed E-state index contributed by atoms with van der Waals surface area (Å²) in [6, 6.07) is 0. The van der Waals surface area contributed by atoms with E-state index in [2.05, 4.69) is 27.7 Å². The molecule has 0 aromatic rings. The molecule has 3 saturated heterocycles. The first kappa shape index (κ1) is 40.9. The van der Waals surface area contributed by atoms with Gasteiger partial charge < -0.3 is 63.1 Å². The Morgan fingerprint density at radius 2 is 1.21 bits per heavy atom. The van der Waals surface area contributed by atoms with Gasteiger partial charge in [0.2, 0.25) is 0 Å². The normalized spacial score (nSPS) is 38.1. The van der Waals surface area contributed by atoms with Crippen molar-refractivity contribution >= 4 is 0 Å². The lowest BCUT2D eigenvalue weighted by Crippen LogP contribution is -2.64. The van der Waals surface area contributed by atoms with Gasteiger partial charge in [0.25, 0.3) is 0 Å². The molecule has 278 valence electrons. The Balaban J connectivity index is 1.89. The third kappa shape index (κ3) is 12.0. The highest BCUT2D eigenvalue weighted by molar-refractivity contribution is 4.95. The molecule has 0 spiro atoms. The van der Waals surface area contributed by atoms with Gasteiger partial charge in [-0.15, -0.1) is 0 Å². The molecule has 4 N–H and O–H groups in total. The molecule has 13 unspecified atom stereocenters. The Morgan fingerprint density at radius 3 is 1.83 bits per heavy atom. The van der Waals surface area contributed by atoms with Crippen LogP contribution < -0.4 is 0 Å². The number of rotatable bonds is 22. The first-order chi connectivity index (χ1) is 22.8. The third-order valence-corrected chi connectivity index (χ3v) is 8.99. The van der Waals surface area contributed by atoms with Crippen LogP contribution >= 0.6 is 0 Å². The molecular formula is C34H64O13. The smallest absolute Gasteiger partial charge is 0.187 e. The van der Waals surface area contributed by atoms with Crippen LogP contribution in [-0.4, -0.2) is 146 Å². The van der Waals surface area contributed by atoms with E-state index in [9.17, 15) is 20.4 Å². The van der Waals surface area contributed by atoms with E-state index in [1.54, 1.807) is 0 Å². The van der Waals surface area contributed by atoms with Crippen molar-refractivity contribution < 1.29 is 63.1 Å². The van der Waals surface area contributed by atoms with Crippen LogP contribution in [0.1, 0.15) is 92.4 Å². The standard InChI is InChI=1S/C34H64O13/c1-6-10-15-39-21-25-30(23(14-19-40-25)45-33-28(38)27(37)26(36)24(20-35)46-33)47-34-32(43-18-13-9-4)31(42-17-12-8-3)29(22(5)44-34)41-16-11-7-2/h22-38H,6-21H2,1-5H3. The second kappa shape index (κ2) is 22.3. The predicted octanol–water partition coefficient (Wildman–Crippen LogP) is 2.46. The van der Waals surface area contributed by atoms with E-state index in [1.165, 1.54) is 0 Å². The minimum absolute atomic E-state index is 0.238. The Hall–Kier alpha value is -0.520. The van der Waals surface area contributed by atoms with Crippen LogP contribution in [0.15, 0.2) is 0 Å². The van der Waals surface area contributed by atoms with E-state index in [-0.39, 0.29) is 18.8 Å². The molecule has 3 heterocycles. The maximum absolute atomic E-state index is 10.8. The zero-order valence-electron chi connectivity index (χ0n) is 29.3. The summed E-state index contributed by atoms with van der Waals surface area (Å²) in [4.78, 5) is 0. The van der Waals surface area contributed by atoms with Crippen molar-refractivity contribution in [3.05, 3.63) is 0 Å². The molecule has 13 heteroatoms. The highest BCUT2D eigenvalue weighted by Crippen LogP contribution is 2.34. The van der Waals surface area contributed by atoms with Crippen molar-refractivity contribution in [2.24, 2.45) is 0 Å². The molecule has 3 aliphatic heterocycles. The Kier molecular flexibility index (Phi) is 19.4. The van der Waals surface area contributed by atoms with Crippen LogP contribution in [0.3, 0.4) is 0 Å². The average molecular weight is 681 g/mol. The van der Waals surface area contributed by atoms with Gasteiger partial charge in [0.15, 0.2) is 12.6 Å². The highest BCUT2D eigenvalue weighted by atomic mass is 16.8. The maximum Gasteiger partial charge on any atom is 0.187 e. The summed E-state index contributed by atoms with van der Waals surface area (Å²) in [6.45, 7) is 12.6. The zero-order valence-corrected chi connectivity index (χ0v) is 29.3. The van der Waals surface area contributed by atoms with Gasteiger partial charge in [-0.3, -0.25) is 0 Å². The lowest BCUT2D eigenvalue weighted by molar-refractivity contribution is -0.360. The van der Waals surface area contributed by atoms with Crippen molar-refractivity contribution in [2.75, 3.05) is 46.2 Å². The number of hydrogen-bond acceptors (Lipinski definition) is 13. The van der Waals surface area contributed by atoms with Crippen molar-refractivity contribution in [3.8, 4) is 0 Å². The summed E-state index contributed by atoms with van der Waals surface area (Å²) in [5, 5.41) is 41.2. The maximum atomic E-state index is 10.8. The van der Waals surface area contributed by atoms with E-state index in [0.717, 1.165) is 51.4 Å². The van der Waals surface area contributed by atoms with Gasteiger partial charge in [-0.25, -0.2) is 0 Å². The summed E-state index contributed by atoms with van der Waals surface area (Å²) >= 11 is 0. The van der Waals surface area contributed by atoms with Gasteiger partial charge in [0, 0.05) is 33.0 Å². The molecule has 0 saturated carbocycles. The van der Waals surface area contributed by atoms with Crippen molar-refractivity contribution in [1.82, 2.24) is 0 Å². The fourth-order valence-electron chi connectivity index (χ4n) is 6.02. The van der Waals surface area contributed by atoms with Crippen molar-refractivity contribution in [2.45, 2.75) is 172 Å². The van der Waals surface area contributed by atoms with Gasteiger partial charge in [0.1, 0.15) is 54.9 Å². The quantitative estimate of drug-likeness (QED) is 0.124. The lowest BCUT2D eigenvalue weighted by Gasteiger charge is -2.48. The third-order valence-electron chi connectivity index (χ3n) is 8.99. The number of unbranched alkanes of at least 4 members (excludes halogenated alkanes) is 4. The number of ether oxygens (including phenoxy) is 9. The molecule has 13 atom stereocenters. The monoisotopic (exact) mass is 680 g/mol. The molecule has 0 bridgehead atoms. The van der Waals surface area contributed by atoms with E-state index in [1.807, 2.05) is 6.92 Å². The van der Waals surface area contributed by atoms with Crippen LogP contribution in [0.25, 0.3) is 0 Å². The second-order valence-electron chi connectivity index (χ2n) is 12.9. The molecule has 3 aliphatic rings. The number of aliphatic hydroxyl groups is 4. The minimum atomic E-state index is -1.57. The Labute approximate surface area is 281 Å². The number of aliphatic hydroxyl groups excluding tert-OH is 4. The van der Waals surface area contributed by atoms with Crippen LogP contribution in [0.4, 0.5) is 0 Å². The molecule has 0 amide bonds. The molecule has 13 nitrogen and oxygen atoms in total. The van der Waals surface area contributed by atoms with E-state index in [0.29, 0.717) is 39.5 Å². The first-order valence-electron chi connectivity index (χ1n) is 18.1. The number of hydrogen-bond donors (Lipinski definition) is 4. The SMILES string of the molecule is CCCCOCC1OCCC(OC2OC(CO)C(O)C(O)C2O)C1OC1OC(C)C(OCCCC)C(OCCCC)C1OCCCC. The zero-order chi connectivity index (χ0) is 34.2. The van der Waals surface area contributed by atoms with Gasteiger partial charge in [0.05, 0.1) is 25.4 Å². The minimum Gasteiger partial charge on any atom is -0.394 e. The highest BCUT2D eigenvalue weighted by Gasteiger charge is 2.51. The molecule has 0 aromatic heterocycles. The summed E-state index contributed by atoms with van der Waals surface area (Å²) in [6.07, 6.45) is -3.81. The van der Waals surface area contributed by atoms with Crippen LogP contribution in [0.5, 0.6) is 0 Å². The molecule has 47 heavy (non-hydrogen) atoms. The Morgan fingerprint density at radius 1 is 0.617 bits per heavy atom. The molecular weight excluding hydrogens is 616 g/mol. The molecule has 3 fully saturated rings. The largest absolute Gasteiger partial charge is 0.394 e. The van der Waals surface area contributed by atoms with Crippen LogP contribution in [-0.2, 0) is 42.6 Å². The second-order valence-corrected chi connectivity index (χ2v) is 12.9. The molecule has 0 aromatic carbocycles. The van der Waals surface area contributed by atoms with Gasteiger partial charge >= 0.3 is 0 Å². The lowest BCUT2D eigenvalue weighted by atomic mass is 9.97. The van der Waals surface area contributed by atoms with Crippen molar-refractivity contribution in [1.29, 1.82) is 0 Å². The van der Waals surface area contributed by atoms with Crippen LogP contribution in [0.2, 0.25) is 0 Å². The van der Waals surface area contributed by atoms with Crippen LogP contribution in [0, 0.1) is 0 Å². The predicted molar refractivity (Wildman–Crippen MR) is 172 cm³/mol. The van der Waals surface area contributed by atoms with E-state index >= 15 is 0 Å². The summed E-state index contributed by atoms with van der Waals surface area (Å²) < 4.78 is 56.8. The molecule has 0 aliphatic carbocycles. The van der Waals surface area contributed by atoms with Gasteiger partial charge in [-0.1, -0.05) is 53.4 Å². The van der Waals surface area contributed by atoms with E-state index in [4.69, 9.17) is 42.6 Å². The fourth-order valence-corrected chi connectivity index (χ4v) is 6.02. The topological polar surface area (TPSA) is 164 Å². The molecule has 3 rings (SSSR count). The summed E-state index contributed by atoms with van der Waals surface area (Å²) in [5.74, 6) is 0. The van der Waals surface area contributed by atoms with Gasteiger partial charge in [-0.2, -0.15) is 0 Å². The van der Waals surface area contributed by atoms with Gasteiger partial charge in [-0.05, 0) is 39.0 Å². The Bertz CT molecular complexity index is 806. The fraction of sp³-hybridized carbons (Fsp3) is 1.00. The summed E-state index contributed by atoms with van der Waals surface area (Å²) in [7, 11) is 0. The average Bonchev–Trinajstić information content (AvgIpc) is 3.06. The summed E-state index contributed by atoms with van der Waals surface area (Å²) in [5.41, 5.74) is 0. The van der Waals surface area contributed by atoms with Crippen molar-refractivity contribution in [3.63, 3.8) is 0 Å². The first-order valence-corrected chi connectivity index (χ1v) is 18.1. The molecule has 0 radical (unpaired) electrons.